The summed E-state index contributed by atoms with van der Waals surface area (Å²) >= 11 is 0. The van der Waals surface area contributed by atoms with E-state index >= 15 is 0 Å². The Bertz CT molecular complexity index is 442. The number of rotatable bonds is 8. The molecule has 5 heteroatoms. The van der Waals surface area contributed by atoms with E-state index < -0.39 is 0 Å². The first-order valence-electron chi connectivity index (χ1n) is 8.92. The summed E-state index contributed by atoms with van der Waals surface area (Å²) in [6.07, 6.45) is 2.65. The summed E-state index contributed by atoms with van der Waals surface area (Å²) in [7, 11) is 0. The predicted octanol–water partition coefficient (Wildman–Crippen LogP) is 2.54. The maximum absolute atomic E-state index is 11.8. The Balaban J connectivity index is 0.000000891. The van der Waals surface area contributed by atoms with Crippen LogP contribution in [0.1, 0.15) is 42.6 Å². The highest BCUT2D eigenvalue weighted by molar-refractivity contribution is 5.94. The predicted molar refractivity (Wildman–Crippen MR) is 97.5 cm³/mol. The molecule has 1 saturated heterocycles. The van der Waals surface area contributed by atoms with Gasteiger partial charge in [0.15, 0.2) is 0 Å². The van der Waals surface area contributed by atoms with Crippen molar-refractivity contribution >= 4 is 5.91 Å². The van der Waals surface area contributed by atoms with Crippen LogP contribution in [0.3, 0.4) is 0 Å². The number of hydrogen-bond donors (Lipinski definition) is 2. The lowest BCUT2D eigenvalue weighted by Gasteiger charge is -2.11. The van der Waals surface area contributed by atoms with Crippen LogP contribution in [0.5, 0.6) is 0 Å². The highest BCUT2D eigenvalue weighted by Crippen LogP contribution is 2.03. The third-order valence-electron chi connectivity index (χ3n) is 3.44. The molecular weight excluding hydrogens is 304 g/mol. The van der Waals surface area contributed by atoms with Crippen LogP contribution < -0.4 is 10.6 Å². The zero-order chi connectivity index (χ0) is 17.6. The zero-order valence-corrected chi connectivity index (χ0v) is 15.3. The van der Waals surface area contributed by atoms with Crippen LogP contribution in [0.25, 0.3) is 0 Å². The van der Waals surface area contributed by atoms with Crippen molar-refractivity contribution in [1.82, 2.24) is 10.6 Å². The molecule has 2 N–H and O–H groups in total. The molecule has 0 radical (unpaired) electrons. The fraction of sp³-hybridized carbons (Fsp3) is 0.632. The summed E-state index contributed by atoms with van der Waals surface area (Å²) in [6.45, 7) is 10.4. The van der Waals surface area contributed by atoms with Crippen LogP contribution in [0, 0.1) is 6.92 Å². The standard InChI is InChI=1S/C16H24N2O3.C3H8/c1-13-2-4-14(5-3-13)16(19)18-8-9-20-10-11-21-15-6-7-17-12-15;1-3-2/h2-5,15,17H,6-12H2,1H3,(H,18,19);3H2,1-2H3. The van der Waals surface area contributed by atoms with Crippen molar-refractivity contribution in [3.05, 3.63) is 35.4 Å². The molecule has 1 amide bonds. The summed E-state index contributed by atoms with van der Waals surface area (Å²) in [5.74, 6) is -0.0631. The summed E-state index contributed by atoms with van der Waals surface area (Å²) in [5, 5.41) is 6.09. The number of nitrogens with one attached hydrogen (secondary N) is 2. The molecule has 1 atom stereocenters. The van der Waals surface area contributed by atoms with Crippen LogP contribution >= 0.6 is 0 Å². The topological polar surface area (TPSA) is 59.6 Å². The molecule has 0 bridgehead atoms. The van der Waals surface area contributed by atoms with E-state index in [0.717, 1.165) is 25.1 Å². The Morgan fingerprint density at radius 1 is 1.21 bits per heavy atom. The number of amides is 1. The van der Waals surface area contributed by atoms with Gasteiger partial charge in [0.25, 0.3) is 5.91 Å². The summed E-state index contributed by atoms with van der Waals surface area (Å²) in [5.41, 5.74) is 1.82. The van der Waals surface area contributed by atoms with Gasteiger partial charge in [0.05, 0.1) is 25.9 Å². The van der Waals surface area contributed by atoms with Gasteiger partial charge in [-0.3, -0.25) is 4.79 Å². The fourth-order valence-electron chi connectivity index (χ4n) is 2.19. The van der Waals surface area contributed by atoms with Gasteiger partial charge in [-0.05, 0) is 32.0 Å². The molecule has 1 heterocycles. The van der Waals surface area contributed by atoms with Crippen molar-refractivity contribution in [1.29, 1.82) is 0 Å². The summed E-state index contributed by atoms with van der Waals surface area (Å²) in [4.78, 5) is 11.8. The molecule has 1 aromatic carbocycles. The third kappa shape index (κ3) is 9.01. The number of hydrogen-bond acceptors (Lipinski definition) is 4. The molecule has 0 aromatic heterocycles. The van der Waals surface area contributed by atoms with E-state index in [4.69, 9.17) is 9.47 Å². The highest BCUT2D eigenvalue weighted by atomic mass is 16.5. The number of carbonyl (C=O) groups excluding carboxylic acids is 1. The molecule has 1 unspecified atom stereocenters. The third-order valence-corrected chi connectivity index (χ3v) is 3.44. The minimum Gasteiger partial charge on any atom is -0.377 e. The van der Waals surface area contributed by atoms with Gasteiger partial charge in [0.1, 0.15) is 0 Å². The Kier molecular flexibility index (Phi) is 11.1. The first-order chi connectivity index (χ1) is 11.7. The van der Waals surface area contributed by atoms with Gasteiger partial charge in [-0.15, -0.1) is 0 Å². The second-order valence-electron chi connectivity index (χ2n) is 5.93. The van der Waals surface area contributed by atoms with Gasteiger partial charge in [-0.25, -0.2) is 0 Å². The first kappa shape index (κ1) is 20.6. The van der Waals surface area contributed by atoms with E-state index in [2.05, 4.69) is 24.5 Å². The largest absolute Gasteiger partial charge is 0.377 e. The quantitative estimate of drug-likeness (QED) is 0.716. The average Bonchev–Trinajstić information content (AvgIpc) is 3.08. The van der Waals surface area contributed by atoms with Gasteiger partial charge in [0.2, 0.25) is 0 Å². The van der Waals surface area contributed by atoms with Crippen molar-refractivity contribution in [2.75, 3.05) is 39.5 Å². The van der Waals surface area contributed by atoms with Gasteiger partial charge < -0.3 is 20.1 Å². The molecule has 0 aliphatic carbocycles. The van der Waals surface area contributed by atoms with Crippen LogP contribution in [-0.2, 0) is 9.47 Å². The van der Waals surface area contributed by atoms with Gasteiger partial charge in [-0.1, -0.05) is 38.0 Å². The maximum atomic E-state index is 11.8. The van der Waals surface area contributed by atoms with Crippen molar-refractivity contribution in [3.8, 4) is 0 Å². The van der Waals surface area contributed by atoms with Crippen LogP contribution in [0.2, 0.25) is 0 Å². The lowest BCUT2D eigenvalue weighted by atomic mass is 10.1. The maximum Gasteiger partial charge on any atom is 0.251 e. The number of carbonyl (C=O) groups is 1. The normalized spacial score (nSPS) is 16.4. The molecule has 1 fully saturated rings. The SMILES string of the molecule is CCC.Cc1ccc(C(=O)NCCOCCOC2CCNC2)cc1. The van der Waals surface area contributed by atoms with E-state index in [-0.39, 0.29) is 5.91 Å². The molecule has 136 valence electrons. The fourth-order valence-corrected chi connectivity index (χ4v) is 2.19. The molecule has 24 heavy (non-hydrogen) atoms. The second-order valence-corrected chi connectivity index (χ2v) is 5.93. The van der Waals surface area contributed by atoms with Crippen molar-refractivity contribution in [2.24, 2.45) is 0 Å². The Labute approximate surface area is 146 Å². The lowest BCUT2D eigenvalue weighted by Crippen LogP contribution is -2.27. The molecule has 0 saturated carbocycles. The van der Waals surface area contributed by atoms with Gasteiger partial charge in [-0.2, -0.15) is 0 Å². The van der Waals surface area contributed by atoms with E-state index in [0.29, 0.717) is 38.0 Å². The number of ether oxygens (including phenoxy) is 2. The van der Waals surface area contributed by atoms with E-state index in [1.165, 1.54) is 6.42 Å². The minimum absolute atomic E-state index is 0.0631. The van der Waals surface area contributed by atoms with E-state index in [9.17, 15) is 4.79 Å². The van der Waals surface area contributed by atoms with Crippen molar-refractivity contribution in [3.63, 3.8) is 0 Å². The molecule has 2 rings (SSSR count). The zero-order valence-electron chi connectivity index (χ0n) is 15.3. The summed E-state index contributed by atoms with van der Waals surface area (Å²) in [6, 6.07) is 7.52. The number of aryl methyl sites for hydroxylation is 1. The highest BCUT2D eigenvalue weighted by Gasteiger charge is 2.13. The lowest BCUT2D eigenvalue weighted by molar-refractivity contribution is 0.0139. The van der Waals surface area contributed by atoms with Gasteiger partial charge >= 0.3 is 0 Å². The molecular formula is C19H32N2O3. The van der Waals surface area contributed by atoms with Crippen molar-refractivity contribution < 1.29 is 14.3 Å². The average molecular weight is 336 g/mol. The smallest absolute Gasteiger partial charge is 0.251 e. The number of benzene rings is 1. The van der Waals surface area contributed by atoms with Crippen molar-refractivity contribution in [2.45, 2.75) is 39.7 Å². The molecule has 1 aromatic rings. The summed E-state index contributed by atoms with van der Waals surface area (Å²) < 4.78 is 11.1. The monoisotopic (exact) mass is 336 g/mol. The molecule has 1 aliphatic heterocycles. The Morgan fingerprint density at radius 3 is 2.54 bits per heavy atom. The minimum atomic E-state index is -0.0631. The van der Waals surface area contributed by atoms with Crippen LogP contribution in [0.15, 0.2) is 24.3 Å². The van der Waals surface area contributed by atoms with Crippen LogP contribution in [0.4, 0.5) is 0 Å². The molecule has 1 aliphatic rings. The van der Waals surface area contributed by atoms with Crippen LogP contribution in [-0.4, -0.2) is 51.5 Å². The van der Waals surface area contributed by atoms with Gasteiger partial charge in [0, 0.05) is 18.7 Å². The van der Waals surface area contributed by atoms with E-state index in [1.807, 2.05) is 31.2 Å². The molecule has 0 spiro atoms. The second kappa shape index (κ2) is 12.9. The first-order valence-corrected chi connectivity index (χ1v) is 8.92. The molecule has 5 nitrogen and oxygen atoms in total. The Morgan fingerprint density at radius 2 is 1.92 bits per heavy atom. The Hall–Kier alpha value is -1.43. The van der Waals surface area contributed by atoms with E-state index in [1.54, 1.807) is 0 Å².